The average molecular weight is 201 g/mol. The van der Waals surface area contributed by atoms with Crippen molar-refractivity contribution in [2.45, 2.75) is 33.6 Å². The Hall–Kier alpha value is -1.37. The molecule has 0 atom stereocenters. The molecule has 0 fully saturated rings. The molecule has 0 aliphatic carbocycles. The van der Waals surface area contributed by atoms with Crippen molar-refractivity contribution >= 4 is 10.8 Å². The minimum Gasteiger partial charge on any atom is -0.260 e. The second-order valence-corrected chi connectivity index (χ2v) is 3.61. The number of pyridine rings is 1. The molecular formula is C14H19N. The molecule has 0 radical (unpaired) electrons. The van der Waals surface area contributed by atoms with Gasteiger partial charge in [-0.25, -0.2) is 0 Å². The Morgan fingerprint density at radius 3 is 2.20 bits per heavy atom. The second-order valence-electron chi connectivity index (χ2n) is 3.61. The summed E-state index contributed by atoms with van der Waals surface area (Å²) in [6.07, 6.45) is 1.95. The number of fused-ring (bicyclic) bond motifs is 1. The van der Waals surface area contributed by atoms with Gasteiger partial charge in [0.25, 0.3) is 0 Å². The van der Waals surface area contributed by atoms with Crippen LogP contribution in [-0.2, 0) is 0 Å². The van der Waals surface area contributed by atoms with Gasteiger partial charge in [0.15, 0.2) is 0 Å². The van der Waals surface area contributed by atoms with Crippen molar-refractivity contribution in [2.75, 3.05) is 0 Å². The van der Waals surface area contributed by atoms with E-state index in [0.29, 0.717) is 5.92 Å². The SMILES string of the molecule is CC.CC(C)c1cc2ccccc2cn1. The van der Waals surface area contributed by atoms with Crippen LogP contribution < -0.4 is 0 Å². The van der Waals surface area contributed by atoms with Crippen LogP contribution in [0.2, 0.25) is 0 Å². The van der Waals surface area contributed by atoms with Gasteiger partial charge in [-0.05, 0) is 17.4 Å². The summed E-state index contributed by atoms with van der Waals surface area (Å²) in [5.74, 6) is 0.504. The van der Waals surface area contributed by atoms with Crippen molar-refractivity contribution < 1.29 is 0 Å². The molecule has 0 bridgehead atoms. The fourth-order valence-electron chi connectivity index (χ4n) is 1.42. The highest BCUT2D eigenvalue weighted by atomic mass is 14.7. The van der Waals surface area contributed by atoms with Gasteiger partial charge in [-0.3, -0.25) is 4.98 Å². The molecule has 0 spiro atoms. The Bertz CT molecular complexity index is 418. The third-order valence-electron chi connectivity index (χ3n) is 2.24. The second kappa shape index (κ2) is 5.50. The smallest absolute Gasteiger partial charge is 0.0435 e. The topological polar surface area (TPSA) is 12.9 Å². The lowest BCUT2D eigenvalue weighted by Gasteiger charge is -2.04. The van der Waals surface area contributed by atoms with Crippen LogP contribution in [0.15, 0.2) is 36.5 Å². The first-order chi connectivity index (χ1) is 7.27. The quantitative estimate of drug-likeness (QED) is 0.667. The summed E-state index contributed by atoms with van der Waals surface area (Å²) < 4.78 is 0. The van der Waals surface area contributed by atoms with Crippen LogP contribution in [0.1, 0.15) is 39.3 Å². The molecule has 1 nitrogen and oxygen atoms in total. The van der Waals surface area contributed by atoms with E-state index in [2.05, 4.69) is 43.1 Å². The molecule has 1 aromatic carbocycles. The Kier molecular flexibility index (Phi) is 4.29. The number of nitrogens with zero attached hydrogens (tertiary/aromatic N) is 1. The first-order valence-corrected chi connectivity index (χ1v) is 5.62. The number of benzene rings is 1. The van der Waals surface area contributed by atoms with Crippen molar-refractivity contribution in [3.63, 3.8) is 0 Å². The maximum absolute atomic E-state index is 4.41. The van der Waals surface area contributed by atoms with Crippen LogP contribution in [0, 0.1) is 0 Å². The zero-order chi connectivity index (χ0) is 11.3. The first-order valence-electron chi connectivity index (χ1n) is 5.62. The van der Waals surface area contributed by atoms with Gasteiger partial charge in [0.1, 0.15) is 0 Å². The van der Waals surface area contributed by atoms with E-state index in [1.54, 1.807) is 0 Å². The highest BCUT2D eigenvalue weighted by molar-refractivity contribution is 5.81. The largest absolute Gasteiger partial charge is 0.260 e. The summed E-state index contributed by atoms with van der Waals surface area (Å²) in [5, 5.41) is 2.49. The van der Waals surface area contributed by atoms with Crippen LogP contribution in [0.5, 0.6) is 0 Å². The third kappa shape index (κ3) is 2.79. The Balaban J connectivity index is 0.000000531. The zero-order valence-corrected chi connectivity index (χ0v) is 9.99. The van der Waals surface area contributed by atoms with Gasteiger partial charge in [0.05, 0.1) is 0 Å². The van der Waals surface area contributed by atoms with E-state index in [-0.39, 0.29) is 0 Å². The van der Waals surface area contributed by atoms with E-state index in [1.807, 2.05) is 26.1 Å². The molecule has 2 rings (SSSR count). The van der Waals surface area contributed by atoms with Gasteiger partial charge in [0, 0.05) is 17.3 Å². The molecule has 1 heteroatoms. The number of aromatic nitrogens is 1. The maximum atomic E-state index is 4.41. The lowest BCUT2D eigenvalue weighted by atomic mass is 10.1. The molecule has 0 saturated heterocycles. The summed E-state index contributed by atoms with van der Waals surface area (Å²) in [6.45, 7) is 8.33. The lowest BCUT2D eigenvalue weighted by Crippen LogP contribution is -1.91. The van der Waals surface area contributed by atoms with Crippen molar-refractivity contribution in [1.82, 2.24) is 4.98 Å². The summed E-state index contributed by atoms with van der Waals surface area (Å²) in [4.78, 5) is 4.41. The van der Waals surface area contributed by atoms with Crippen LogP contribution in [-0.4, -0.2) is 4.98 Å². The highest BCUT2D eigenvalue weighted by Gasteiger charge is 2.00. The zero-order valence-electron chi connectivity index (χ0n) is 9.99. The number of hydrogen-bond donors (Lipinski definition) is 0. The summed E-state index contributed by atoms with van der Waals surface area (Å²) in [6, 6.07) is 10.5. The van der Waals surface area contributed by atoms with Gasteiger partial charge >= 0.3 is 0 Å². The molecular weight excluding hydrogens is 182 g/mol. The first kappa shape index (κ1) is 11.7. The van der Waals surface area contributed by atoms with E-state index in [0.717, 1.165) is 0 Å². The minimum atomic E-state index is 0.504. The number of hydrogen-bond acceptors (Lipinski definition) is 1. The van der Waals surface area contributed by atoms with E-state index in [1.165, 1.54) is 16.5 Å². The molecule has 0 saturated carbocycles. The maximum Gasteiger partial charge on any atom is 0.0435 e. The van der Waals surface area contributed by atoms with Gasteiger partial charge in [-0.2, -0.15) is 0 Å². The van der Waals surface area contributed by atoms with Gasteiger partial charge < -0.3 is 0 Å². The minimum absolute atomic E-state index is 0.504. The molecule has 1 heterocycles. The molecule has 0 unspecified atom stereocenters. The molecule has 1 aromatic heterocycles. The lowest BCUT2D eigenvalue weighted by molar-refractivity contribution is 0.826. The molecule has 2 aromatic rings. The Labute approximate surface area is 92.2 Å². The van der Waals surface area contributed by atoms with Crippen molar-refractivity contribution in [3.05, 3.63) is 42.2 Å². The monoisotopic (exact) mass is 201 g/mol. The normalized spacial score (nSPS) is 9.93. The average Bonchev–Trinajstić information content (AvgIpc) is 2.31. The number of rotatable bonds is 1. The molecule has 0 aliphatic rings. The van der Waals surface area contributed by atoms with E-state index in [4.69, 9.17) is 0 Å². The molecule has 0 N–H and O–H groups in total. The highest BCUT2D eigenvalue weighted by Crippen LogP contribution is 2.18. The van der Waals surface area contributed by atoms with E-state index >= 15 is 0 Å². The van der Waals surface area contributed by atoms with Gasteiger partial charge in [-0.15, -0.1) is 0 Å². The molecule has 15 heavy (non-hydrogen) atoms. The van der Waals surface area contributed by atoms with Crippen LogP contribution >= 0.6 is 0 Å². The van der Waals surface area contributed by atoms with Gasteiger partial charge in [0.2, 0.25) is 0 Å². The van der Waals surface area contributed by atoms with E-state index in [9.17, 15) is 0 Å². The Morgan fingerprint density at radius 1 is 1.00 bits per heavy atom. The van der Waals surface area contributed by atoms with E-state index < -0.39 is 0 Å². The fraction of sp³-hybridized carbons (Fsp3) is 0.357. The third-order valence-corrected chi connectivity index (χ3v) is 2.24. The summed E-state index contributed by atoms with van der Waals surface area (Å²) in [5.41, 5.74) is 1.17. The van der Waals surface area contributed by atoms with Crippen molar-refractivity contribution in [3.8, 4) is 0 Å². The Morgan fingerprint density at radius 2 is 1.60 bits per heavy atom. The van der Waals surface area contributed by atoms with Crippen molar-refractivity contribution in [2.24, 2.45) is 0 Å². The van der Waals surface area contributed by atoms with Crippen LogP contribution in [0.3, 0.4) is 0 Å². The van der Waals surface area contributed by atoms with Crippen LogP contribution in [0.4, 0.5) is 0 Å². The molecule has 0 amide bonds. The molecule has 80 valence electrons. The predicted octanol–water partition coefficient (Wildman–Crippen LogP) is 4.38. The standard InChI is InChI=1S/C12H13N.C2H6/c1-9(2)12-7-10-5-3-4-6-11(10)8-13-12;1-2/h3-9H,1-2H3;1-2H3. The van der Waals surface area contributed by atoms with Crippen molar-refractivity contribution in [1.29, 1.82) is 0 Å². The fourth-order valence-corrected chi connectivity index (χ4v) is 1.42. The summed E-state index contributed by atoms with van der Waals surface area (Å²) >= 11 is 0. The van der Waals surface area contributed by atoms with Gasteiger partial charge in [-0.1, -0.05) is 52.0 Å². The molecule has 0 aliphatic heterocycles. The predicted molar refractivity (Wildman–Crippen MR) is 67.2 cm³/mol. The van der Waals surface area contributed by atoms with Crippen LogP contribution in [0.25, 0.3) is 10.8 Å². The summed E-state index contributed by atoms with van der Waals surface area (Å²) in [7, 11) is 0.